The SMILES string of the molecule is Cc1cc(-c2ccc3c(c2)CC(C)O3)nc(N)n1. The summed E-state index contributed by atoms with van der Waals surface area (Å²) in [7, 11) is 0. The molecule has 0 amide bonds. The summed E-state index contributed by atoms with van der Waals surface area (Å²) in [6, 6.07) is 8.08. The summed E-state index contributed by atoms with van der Waals surface area (Å²) < 4.78 is 5.69. The van der Waals surface area contributed by atoms with Gasteiger partial charge in [0.05, 0.1) is 5.69 Å². The molecule has 0 aliphatic carbocycles. The fourth-order valence-electron chi connectivity index (χ4n) is 2.32. The van der Waals surface area contributed by atoms with E-state index < -0.39 is 0 Å². The lowest BCUT2D eigenvalue weighted by molar-refractivity contribution is 0.254. The summed E-state index contributed by atoms with van der Waals surface area (Å²) in [5, 5.41) is 0. The fraction of sp³-hybridized carbons (Fsp3) is 0.286. The molecule has 1 aromatic heterocycles. The van der Waals surface area contributed by atoms with Crippen molar-refractivity contribution in [1.29, 1.82) is 0 Å². The van der Waals surface area contributed by atoms with Crippen molar-refractivity contribution in [1.82, 2.24) is 9.97 Å². The molecule has 2 heterocycles. The Bertz CT molecular complexity index is 590. The van der Waals surface area contributed by atoms with Crippen LogP contribution in [0.15, 0.2) is 24.3 Å². The van der Waals surface area contributed by atoms with Gasteiger partial charge in [0.1, 0.15) is 11.9 Å². The van der Waals surface area contributed by atoms with Crippen LogP contribution in [0.3, 0.4) is 0 Å². The predicted molar refractivity (Wildman–Crippen MR) is 70.4 cm³/mol. The quantitative estimate of drug-likeness (QED) is 0.832. The highest BCUT2D eigenvalue weighted by atomic mass is 16.5. The van der Waals surface area contributed by atoms with Crippen molar-refractivity contribution in [2.45, 2.75) is 26.4 Å². The topological polar surface area (TPSA) is 61.0 Å². The Hall–Kier alpha value is -2.10. The van der Waals surface area contributed by atoms with E-state index in [-0.39, 0.29) is 6.10 Å². The van der Waals surface area contributed by atoms with Gasteiger partial charge in [0, 0.05) is 17.7 Å². The van der Waals surface area contributed by atoms with E-state index in [4.69, 9.17) is 10.5 Å². The number of benzene rings is 1. The maximum absolute atomic E-state index is 5.69. The summed E-state index contributed by atoms with van der Waals surface area (Å²) in [5.74, 6) is 1.29. The van der Waals surface area contributed by atoms with Gasteiger partial charge in [0.15, 0.2) is 0 Å². The van der Waals surface area contributed by atoms with E-state index >= 15 is 0 Å². The molecular formula is C14H15N3O. The molecule has 3 rings (SSSR count). The highest BCUT2D eigenvalue weighted by Crippen LogP contribution is 2.32. The van der Waals surface area contributed by atoms with Crippen LogP contribution in [-0.2, 0) is 6.42 Å². The third-order valence-electron chi connectivity index (χ3n) is 3.06. The van der Waals surface area contributed by atoms with Gasteiger partial charge >= 0.3 is 0 Å². The lowest BCUT2D eigenvalue weighted by Gasteiger charge is -2.05. The highest BCUT2D eigenvalue weighted by Gasteiger charge is 2.19. The summed E-state index contributed by atoms with van der Waals surface area (Å²) >= 11 is 0. The second kappa shape index (κ2) is 3.98. The van der Waals surface area contributed by atoms with E-state index in [1.807, 2.05) is 25.1 Å². The van der Waals surface area contributed by atoms with Crippen molar-refractivity contribution in [3.8, 4) is 17.0 Å². The molecule has 0 bridgehead atoms. The molecule has 92 valence electrons. The Balaban J connectivity index is 2.05. The van der Waals surface area contributed by atoms with Crippen LogP contribution in [0, 0.1) is 6.92 Å². The average Bonchev–Trinajstić information content (AvgIpc) is 2.66. The molecule has 2 N–H and O–H groups in total. The van der Waals surface area contributed by atoms with Gasteiger partial charge in [-0.25, -0.2) is 9.97 Å². The van der Waals surface area contributed by atoms with Crippen LogP contribution in [0.25, 0.3) is 11.3 Å². The number of anilines is 1. The van der Waals surface area contributed by atoms with Gasteiger partial charge in [0.25, 0.3) is 0 Å². The van der Waals surface area contributed by atoms with Crippen LogP contribution in [0.2, 0.25) is 0 Å². The Morgan fingerprint density at radius 2 is 2.11 bits per heavy atom. The van der Waals surface area contributed by atoms with Crippen LogP contribution in [0.4, 0.5) is 5.95 Å². The first-order valence-electron chi connectivity index (χ1n) is 6.03. The number of fused-ring (bicyclic) bond motifs is 1. The first-order valence-corrected chi connectivity index (χ1v) is 6.03. The lowest BCUT2D eigenvalue weighted by atomic mass is 10.0. The third-order valence-corrected chi connectivity index (χ3v) is 3.06. The molecule has 1 atom stereocenters. The Morgan fingerprint density at radius 1 is 1.28 bits per heavy atom. The van der Waals surface area contributed by atoms with Gasteiger partial charge in [0.2, 0.25) is 5.95 Å². The van der Waals surface area contributed by atoms with Crippen molar-refractivity contribution in [2.24, 2.45) is 0 Å². The number of nitrogen functional groups attached to an aromatic ring is 1. The molecule has 1 aliphatic rings. The average molecular weight is 241 g/mol. The molecule has 0 spiro atoms. The zero-order valence-corrected chi connectivity index (χ0v) is 10.5. The minimum Gasteiger partial charge on any atom is -0.490 e. The molecule has 1 aliphatic heterocycles. The van der Waals surface area contributed by atoms with Gasteiger partial charge in [-0.05, 0) is 43.7 Å². The monoisotopic (exact) mass is 241 g/mol. The van der Waals surface area contributed by atoms with Crippen molar-refractivity contribution < 1.29 is 4.74 Å². The molecular weight excluding hydrogens is 226 g/mol. The van der Waals surface area contributed by atoms with E-state index in [1.54, 1.807) is 0 Å². The number of nitrogens with two attached hydrogens (primary N) is 1. The van der Waals surface area contributed by atoms with Crippen LogP contribution in [0.1, 0.15) is 18.2 Å². The molecule has 18 heavy (non-hydrogen) atoms. The molecule has 0 saturated carbocycles. The summed E-state index contributed by atoms with van der Waals surface area (Å²) in [6.07, 6.45) is 1.20. The first kappa shape index (κ1) is 11.0. The molecule has 2 aromatic rings. The highest BCUT2D eigenvalue weighted by molar-refractivity contribution is 5.63. The Kier molecular flexibility index (Phi) is 2.44. The maximum atomic E-state index is 5.69. The van der Waals surface area contributed by atoms with Crippen molar-refractivity contribution >= 4 is 5.95 Å². The van der Waals surface area contributed by atoms with Crippen LogP contribution in [0.5, 0.6) is 5.75 Å². The number of aromatic nitrogens is 2. The minimum atomic E-state index is 0.257. The lowest BCUT2D eigenvalue weighted by Crippen LogP contribution is -2.05. The molecule has 0 fully saturated rings. The van der Waals surface area contributed by atoms with E-state index in [0.29, 0.717) is 5.95 Å². The number of ether oxygens (including phenoxy) is 1. The number of aryl methyl sites for hydroxylation is 1. The van der Waals surface area contributed by atoms with E-state index in [0.717, 1.165) is 29.1 Å². The van der Waals surface area contributed by atoms with E-state index in [9.17, 15) is 0 Å². The normalized spacial score (nSPS) is 17.3. The number of hydrogen-bond donors (Lipinski definition) is 1. The number of rotatable bonds is 1. The van der Waals surface area contributed by atoms with Gasteiger partial charge < -0.3 is 10.5 Å². The van der Waals surface area contributed by atoms with E-state index in [1.165, 1.54) is 5.56 Å². The summed E-state index contributed by atoms with van der Waals surface area (Å²) in [5.41, 5.74) is 9.72. The minimum absolute atomic E-state index is 0.257. The van der Waals surface area contributed by atoms with Gasteiger partial charge in [-0.3, -0.25) is 0 Å². The van der Waals surface area contributed by atoms with Crippen LogP contribution in [-0.4, -0.2) is 16.1 Å². The standard InChI is InChI=1S/C14H15N3O/c1-8-5-12(17-14(15)16-8)10-3-4-13-11(7-10)6-9(2)18-13/h3-5,7,9H,6H2,1-2H3,(H2,15,16,17). The second-order valence-corrected chi connectivity index (χ2v) is 4.71. The smallest absolute Gasteiger partial charge is 0.220 e. The van der Waals surface area contributed by atoms with Crippen molar-refractivity contribution in [3.05, 3.63) is 35.5 Å². The van der Waals surface area contributed by atoms with Gasteiger partial charge in [-0.2, -0.15) is 0 Å². The van der Waals surface area contributed by atoms with E-state index in [2.05, 4.69) is 23.0 Å². The van der Waals surface area contributed by atoms with Crippen LogP contribution < -0.4 is 10.5 Å². The molecule has 1 unspecified atom stereocenters. The third kappa shape index (κ3) is 1.90. The van der Waals surface area contributed by atoms with Crippen LogP contribution >= 0.6 is 0 Å². The zero-order chi connectivity index (χ0) is 12.7. The van der Waals surface area contributed by atoms with Gasteiger partial charge in [-0.1, -0.05) is 0 Å². The van der Waals surface area contributed by atoms with Crippen molar-refractivity contribution in [3.63, 3.8) is 0 Å². The Labute approximate surface area is 106 Å². The largest absolute Gasteiger partial charge is 0.490 e. The zero-order valence-electron chi connectivity index (χ0n) is 10.5. The molecule has 4 heteroatoms. The maximum Gasteiger partial charge on any atom is 0.220 e. The Morgan fingerprint density at radius 3 is 2.89 bits per heavy atom. The number of hydrogen-bond acceptors (Lipinski definition) is 4. The van der Waals surface area contributed by atoms with Gasteiger partial charge in [-0.15, -0.1) is 0 Å². The molecule has 0 radical (unpaired) electrons. The summed E-state index contributed by atoms with van der Waals surface area (Å²) in [4.78, 5) is 8.36. The first-order chi connectivity index (χ1) is 8.61. The predicted octanol–water partition coefficient (Wildman–Crippen LogP) is 2.36. The second-order valence-electron chi connectivity index (χ2n) is 4.71. The summed E-state index contributed by atoms with van der Waals surface area (Å²) in [6.45, 7) is 3.99. The molecule has 0 saturated heterocycles. The number of nitrogens with zero attached hydrogens (tertiary/aromatic N) is 2. The fourth-order valence-corrected chi connectivity index (χ4v) is 2.32. The molecule has 1 aromatic carbocycles. The van der Waals surface area contributed by atoms with Crippen molar-refractivity contribution in [2.75, 3.05) is 5.73 Å². The molecule has 4 nitrogen and oxygen atoms in total.